The van der Waals surface area contributed by atoms with E-state index in [0.717, 1.165) is 104 Å². The van der Waals surface area contributed by atoms with Gasteiger partial charge in [-0.05, 0) is 116 Å². The second-order valence-corrected chi connectivity index (χ2v) is 14.7. The third-order valence-electron chi connectivity index (χ3n) is 9.61. The van der Waals surface area contributed by atoms with Crippen molar-refractivity contribution >= 4 is 34.5 Å². The summed E-state index contributed by atoms with van der Waals surface area (Å²) in [4.78, 5) is 21.3. The number of carbonyl (C=O) groups excluding carboxylic acids is 1. The Hall–Kier alpha value is -4.09. The summed E-state index contributed by atoms with van der Waals surface area (Å²) < 4.78 is 32.4. The fourth-order valence-corrected chi connectivity index (χ4v) is 7.80. The van der Waals surface area contributed by atoms with E-state index in [1.54, 1.807) is 6.33 Å². The Morgan fingerprint density at radius 2 is 1.84 bits per heavy atom. The van der Waals surface area contributed by atoms with Crippen LogP contribution < -0.4 is 15.0 Å². The molecule has 2 atom stereocenters. The topological polar surface area (TPSA) is 101 Å². The lowest BCUT2D eigenvalue weighted by Gasteiger charge is -2.28. The van der Waals surface area contributed by atoms with Crippen LogP contribution in [0, 0.1) is 12.8 Å². The molecule has 2 aliphatic rings. The summed E-state index contributed by atoms with van der Waals surface area (Å²) >= 11 is -1.23. The van der Waals surface area contributed by atoms with Gasteiger partial charge in [-0.2, -0.15) is 0 Å². The molecule has 0 spiro atoms. The lowest BCUT2D eigenvalue weighted by atomic mass is 9.99. The maximum atomic E-state index is 13.8. The van der Waals surface area contributed by atoms with E-state index in [1.165, 1.54) is 0 Å². The molecule has 270 valence electrons. The summed E-state index contributed by atoms with van der Waals surface area (Å²) in [5.74, 6) is 1.55. The summed E-state index contributed by atoms with van der Waals surface area (Å²) in [6.07, 6.45) is 7.69. The van der Waals surface area contributed by atoms with Crippen molar-refractivity contribution in [3.05, 3.63) is 95.6 Å². The highest BCUT2D eigenvalue weighted by Gasteiger charge is 2.25. The number of aryl methyl sites for hydroxylation is 2. The third kappa shape index (κ3) is 9.62. The minimum Gasteiger partial charge on any atom is -0.611 e. The van der Waals surface area contributed by atoms with Gasteiger partial charge in [0.15, 0.2) is 10.6 Å². The van der Waals surface area contributed by atoms with Crippen molar-refractivity contribution in [3.8, 4) is 16.9 Å². The van der Waals surface area contributed by atoms with Gasteiger partial charge in [0.05, 0.1) is 30.9 Å². The molecule has 3 heterocycles. The van der Waals surface area contributed by atoms with Crippen LogP contribution in [-0.2, 0) is 37.7 Å². The van der Waals surface area contributed by atoms with Crippen LogP contribution in [0.4, 0.5) is 11.4 Å². The normalized spacial score (nSPS) is 16.4. The molecule has 0 bridgehead atoms. The fraction of sp³-hybridized carbons (Fsp3) is 0.415. The van der Waals surface area contributed by atoms with E-state index in [1.807, 2.05) is 54.0 Å². The smallest absolute Gasteiger partial charge is 0.251 e. The minimum absolute atomic E-state index is 0.131. The number of anilines is 2. The van der Waals surface area contributed by atoms with Crippen molar-refractivity contribution in [3.63, 3.8) is 0 Å². The van der Waals surface area contributed by atoms with Gasteiger partial charge in [0.2, 0.25) is 0 Å². The first-order valence-electron chi connectivity index (χ1n) is 18.2. The summed E-state index contributed by atoms with van der Waals surface area (Å²) in [5, 5.41) is 3.10. The maximum Gasteiger partial charge on any atom is 0.251 e. The molecule has 0 saturated carbocycles. The molecule has 3 aromatic carbocycles. The Morgan fingerprint density at radius 1 is 1.04 bits per heavy atom. The van der Waals surface area contributed by atoms with Gasteiger partial charge in [-0.3, -0.25) is 4.79 Å². The molecule has 0 aliphatic carbocycles. The SMILES string of the molecule is CCCCOCCOc1ccc(-c2ccc3c(c2)C=C(C(=O)Nc2ccc([S@+]([O-])Cc4c(C)ncn4CC)cc2)CCN3CC2CCOC2)cc1. The molecule has 4 aromatic rings. The van der Waals surface area contributed by atoms with E-state index in [4.69, 9.17) is 14.2 Å². The number of unbranched alkanes of at least 4 members (excludes halogenated alkanes) is 1. The number of ether oxygens (including phenoxy) is 3. The van der Waals surface area contributed by atoms with Crippen LogP contribution in [-0.4, -0.2) is 66.1 Å². The number of amides is 1. The van der Waals surface area contributed by atoms with Crippen molar-refractivity contribution in [2.24, 2.45) is 5.92 Å². The first kappa shape index (κ1) is 36.7. The number of nitrogens with one attached hydrogen (secondary N) is 1. The number of fused-ring (bicyclic) bond motifs is 1. The zero-order chi connectivity index (χ0) is 35.6. The van der Waals surface area contributed by atoms with Crippen molar-refractivity contribution < 1.29 is 23.6 Å². The Kier molecular flexibility index (Phi) is 12.9. The van der Waals surface area contributed by atoms with Crippen LogP contribution >= 0.6 is 0 Å². The Bertz CT molecular complexity index is 1770. The Balaban J connectivity index is 1.16. The Morgan fingerprint density at radius 3 is 2.59 bits per heavy atom. The zero-order valence-corrected chi connectivity index (χ0v) is 30.9. The number of carbonyl (C=O) groups is 1. The van der Waals surface area contributed by atoms with Crippen LogP contribution in [0.15, 0.2) is 83.5 Å². The van der Waals surface area contributed by atoms with Crippen molar-refractivity contribution in [1.82, 2.24) is 9.55 Å². The van der Waals surface area contributed by atoms with Gasteiger partial charge >= 0.3 is 0 Å². The standard InChI is InChI=1S/C41H50N4O5S/c1-4-6-20-48-22-23-50-37-12-7-32(8-13-37)33-9-16-39-35(24-33)25-34(17-19-45(39)26-31-18-21-49-27-31)41(46)43-36-10-14-38(15-11-36)51(47)28-40-30(3)42-29-44(40)5-2/h7-16,24-25,29,31H,4-6,17-23,26-28H2,1-3H3,(H,43,46)/t31?,51-/m1/s1. The lowest BCUT2D eigenvalue weighted by Crippen LogP contribution is -2.31. The zero-order valence-electron chi connectivity index (χ0n) is 30.1. The first-order valence-corrected chi connectivity index (χ1v) is 19.5. The molecule has 1 unspecified atom stereocenters. The number of hydrogen-bond acceptors (Lipinski definition) is 7. The maximum absolute atomic E-state index is 13.8. The van der Waals surface area contributed by atoms with E-state index in [2.05, 4.69) is 59.4 Å². The lowest BCUT2D eigenvalue weighted by molar-refractivity contribution is -0.112. The van der Waals surface area contributed by atoms with Crippen molar-refractivity contribution in [2.45, 2.75) is 63.6 Å². The molecule has 6 rings (SSSR count). The molecule has 1 N–H and O–H groups in total. The van der Waals surface area contributed by atoms with E-state index in [-0.39, 0.29) is 5.91 Å². The predicted octanol–water partition coefficient (Wildman–Crippen LogP) is 7.65. The van der Waals surface area contributed by atoms with Crippen LogP contribution in [0.5, 0.6) is 5.75 Å². The molecular formula is C41H50N4O5S. The van der Waals surface area contributed by atoms with Crippen molar-refractivity contribution in [2.75, 3.05) is 56.3 Å². The van der Waals surface area contributed by atoms with Gasteiger partial charge in [0, 0.05) is 55.7 Å². The van der Waals surface area contributed by atoms with E-state index in [9.17, 15) is 9.35 Å². The summed E-state index contributed by atoms with van der Waals surface area (Å²) in [6.45, 7) is 12.0. The second-order valence-electron chi connectivity index (χ2n) is 13.2. The Labute approximate surface area is 305 Å². The van der Waals surface area contributed by atoms with Crippen LogP contribution in [0.25, 0.3) is 17.2 Å². The molecule has 0 radical (unpaired) electrons. The third-order valence-corrected chi connectivity index (χ3v) is 10.9. The second kappa shape index (κ2) is 17.9. The molecular weight excluding hydrogens is 661 g/mol. The summed E-state index contributed by atoms with van der Waals surface area (Å²) in [5.41, 5.74) is 7.58. The molecule has 1 aromatic heterocycles. The van der Waals surface area contributed by atoms with Crippen LogP contribution in [0.2, 0.25) is 0 Å². The number of aromatic nitrogens is 2. The molecule has 1 saturated heterocycles. The number of rotatable bonds is 16. The quantitative estimate of drug-likeness (QED) is 0.0942. The average molecular weight is 711 g/mol. The monoisotopic (exact) mass is 710 g/mol. The van der Waals surface area contributed by atoms with E-state index >= 15 is 0 Å². The van der Waals surface area contributed by atoms with Crippen LogP contribution in [0.1, 0.15) is 56.5 Å². The molecule has 51 heavy (non-hydrogen) atoms. The molecule has 2 aliphatic heterocycles. The number of nitrogens with zero attached hydrogens (tertiary/aromatic N) is 3. The number of benzene rings is 3. The van der Waals surface area contributed by atoms with Crippen LogP contribution in [0.3, 0.4) is 0 Å². The van der Waals surface area contributed by atoms with Gasteiger partial charge in [-0.15, -0.1) is 0 Å². The number of imidazole rings is 1. The van der Waals surface area contributed by atoms with Gasteiger partial charge in [0.1, 0.15) is 12.4 Å². The highest BCUT2D eigenvalue weighted by Crippen LogP contribution is 2.34. The summed E-state index contributed by atoms with van der Waals surface area (Å²) in [6, 6.07) is 22.0. The average Bonchev–Trinajstić information content (AvgIpc) is 3.75. The molecule has 1 fully saturated rings. The van der Waals surface area contributed by atoms with Gasteiger partial charge in [0.25, 0.3) is 5.91 Å². The van der Waals surface area contributed by atoms with Crippen molar-refractivity contribution in [1.29, 1.82) is 0 Å². The van der Waals surface area contributed by atoms with E-state index in [0.29, 0.717) is 41.9 Å². The van der Waals surface area contributed by atoms with Gasteiger partial charge in [-0.1, -0.05) is 31.5 Å². The fourth-order valence-electron chi connectivity index (χ4n) is 6.57. The minimum atomic E-state index is -1.23. The first-order chi connectivity index (χ1) is 24.9. The molecule has 9 nitrogen and oxygen atoms in total. The highest BCUT2D eigenvalue weighted by atomic mass is 32.2. The number of hydrogen-bond donors (Lipinski definition) is 1. The van der Waals surface area contributed by atoms with Gasteiger partial charge in [-0.25, -0.2) is 4.98 Å². The highest BCUT2D eigenvalue weighted by molar-refractivity contribution is 7.90. The molecule has 10 heteroatoms. The van der Waals surface area contributed by atoms with E-state index < -0.39 is 11.2 Å². The van der Waals surface area contributed by atoms with Gasteiger partial charge < -0.3 is 33.5 Å². The largest absolute Gasteiger partial charge is 0.611 e. The predicted molar refractivity (Wildman–Crippen MR) is 205 cm³/mol. The summed E-state index contributed by atoms with van der Waals surface area (Å²) in [7, 11) is 0. The molecule has 1 amide bonds.